The van der Waals surface area contributed by atoms with Crippen LogP contribution in [-0.2, 0) is 41.6 Å². The van der Waals surface area contributed by atoms with E-state index in [0.717, 1.165) is 11.1 Å². The summed E-state index contributed by atoms with van der Waals surface area (Å²) < 4.78 is 16.4. The van der Waals surface area contributed by atoms with Gasteiger partial charge in [0.2, 0.25) is 23.6 Å². The number of aromatic nitrogens is 2. The number of hydrogen-bond donors (Lipinski definition) is 6. The Morgan fingerprint density at radius 2 is 1.14 bits per heavy atom. The molecule has 66 heavy (non-hydrogen) atoms. The number of halogens is 1. The summed E-state index contributed by atoms with van der Waals surface area (Å²) in [6.45, 7) is 15.9. The number of likely N-dealkylation sites (N-methyl/N-ethyl adjacent to an activating group) is 2. The lowest BCUT2D eigenvalue weighted by atomic mass is 10.0. The number of aryl methyl sites for hydroxylation is 3. The normalized spacial score (nSPS) is 17.1. The van der Waals surface area contributed by atoms with Crippen LogP contribution in [0.1, 0.15) is 69.4 Å². The third kappa shape index (κ3) is 9.96. The number of para-hydroxylation sites is 1. The summed E-state index contributed by atoms with van der Waals surface area (Å²) in [5.74, 6) is -3.93. The first-order valence-corrected chi connectivity index (χ1v) is 22.3. The van der Waals surface area contributed by atoms with Crippen molar-refractivity contribution in [2.45, 2.75) is 111 Å². The summed E-state index contributed by atoms with van der Waals surface area (Å²) in [4.78, 5) is 95.5. The van der Waals surface area contributed by atoms with Crippen LogP contribution in [0.2, 0.25) is 0 Å². The minimum Gasteiger partial charge on any atom is -0.343 e. The Bertz CT molecular complexity index is 2500. The van der Waals surface area contributed by atoms with Gasteiger partial charge in [-0.15, -0.1) is 0 Å². The van der Waals surface area contributed by atoms with Crippen molar-refractivity contribution in [3.05, 3.63) is 94.4 Å². The first-order valence-electron chi connectivity index (χ1n) is 22.3. The van der Waals surface area contributed by atoms with Crippen molar-refractivity contribution in [1.29, 1.82) is 0 Å². The maximum Gasteiger partial charge on any atom is 0.251 e. The topological polar surface area (TPSA) is 207 Å². The molecule has 4 heterocycles. The smallest absolute Gasteiger partial charge is 0.251 e. The van der Waals surface area contributed by atoms with Crippen molar-refractivity contribution in [3.63, 3.8) is 0 Å². The molecule has 2 aromatic carbocycles. The number of amides is 6. The highest BCUT2D eigenvalue weighted by atomic mass is 19.1. The van der Waals surface area contributed by atoms with E-state index in [9.17, 15) is 28.8 Å². The zero-order valence-electron chi connectivity index (χ0n) is 39.4. The highest BCUT2D eigenvalue weighted by Gasteiger charge is 2.45. The van der Waals surface area contributed by atoms with Crippen molar-refractivity contribution in [1.82, 2.24) is 31.2 Å². The summed E-state index contributed by atoms with van der Waals surface area (Å²) in [6, 6.07) is 10.1. The number of anilines is 4. The van der Waals surface area contributed by atoms with Crippen LogP contribution in [0.15, 0.2) is 60.8 Å². The molecule has 6 atom stereocenters. The van der Waals surface area contributed by atoms with Crippen LogP contribution >= 0.6 is 0 Å². The molecule has 0 aliphatic carbocycles. The molecule has 6 amide bonds. The number of pyridine rings is 2. The molecule has 16 nitrogen and oxygen atoms in total. The molecule has 0 saturated carbocycles. The molecule has 4 aromatic rings. The van der Waals surface area contributed by atoms with Crippen molar-refractivity contribution in [3.8, 4) is 11.3 Å². The Labute approximate surface area is 385 Å². The molecule has 0 unspecified atom stereocenters. The second kappa shape index (κ2) is 20.3. The van der Waals surface area contributed by atoms with Gasteiger partial charge in [0.05, 0.1) is 23.5 Å². The maximum absolute atomic E-state index is 16.4. The number of nitrogens with one attached hydrogen (secondary N) is 6. The maximum atomic E-state index is 16.4. The fourth-order valence-electron chi connectivity index (χ4n) is 8.26. The Kier molecular flexibility index (Phi) is 15.0. The molecule has 0 fully saturated rings. The van der Waals surface area contributed by atoms with Crippen LogP contribution in [0.4, 0.5) is 27.4 Å². The fourth-order valence-corrected chi connectivity index (χ4v) is 8.26. The van der Waals surface area contributed by atoms with Gasteiger partial charge in [0, 0.05) is 30.3 Å². The molecule has 17 heteroatoms. The zero-order chi connectivity index (χ0) is 48.3. The van der Waals surface area contributed by atoms with Crippen LogP contribution in [0, 0.1) is 38.4 Å². The minimum atomic E-state index is -1.11. The number of carbonyl (C=O) groups excluding carboxylic acids is 6. The van der Waals surface area contributed by atoms with E-state index in [0.29, 0.717) is 33.6 Å². The van der Waals surface area contributed by atoms with Gasteiger partial charge >= 0.3 is 0 Å². The van der Waals surface area contributed by atoms with E-state index in [1.54, 1.807) is 92.9 Å². The number of nitrogens with zero attached hydrogens (tertiary/aromatic N) is 4. The predicted molar refractivity (Wildman–Crippen MR) is 252 cm³/mol. The van der Waals surface area contributed by atoms with Crippen molar-refractivity contribution < 1.29 is 33.2 Å². The number of fused-ring (bicyclic) bond motifs is 2. The Hall–Kier alpha value is -6.59. The van der Waals surface area contributed by atoms with Crippen molar-refractivity contribution in [2.24, 2.45) is 11.8 Å². The van der Waals surface area contributed by atoms with E-state index in [1.807, 2.05) is 32.0 Å². The number of benzene rings is 2. The van der Waals surface area contributed by atoms with Gasteiger partial charge in [-0.1, -0.05) is 58.0 Å². The molecular formula is C49H61FN10O6. The minimum absolute atomic E-state index is 0.107. The third-order valence-corrected chi connectivity index (χ3v) is 12.5. The monoisotopic (exact) mass is 904 g/mol. The summed E-state index contributed by atoms with van der Waals surface area (Å²) in [6.07, 6.45) is 1.76. The average Bonchev–Trinajstić information content (AvgIpc) is 3.87. The molecule has 0 spiro atoms. The quantitative estimate of drug-likeness (QED) is 0.0986. The van der Waals surface area contributed by atoms with E-state index in [1.165, 1.54) is 22.1 Å². The van der Waals surface area contributed by atoms with Gasteiger partial charge in [-0.3, -0.25) is 38.6 Å². The predicted octanol–water partition coefficient (Wildman–Crippen LogP) is 4.50. The van der Waals surface area contributed by atoms with Crippen LogP contribution in [-0.4, -0.2) is 95.8 Å². The van der Waals surface area contributed by atoms with Crippen molar-refractivity contribution in [2.75, 3.05) is 34.5 Å². The zero-order valence-corrected chi connectivity index (χ0v) is 39.4. The first kappa shape index (κ1) is 48.9. The lowest BCUT2D eigenvalue weighted by Crippen LogP contribution is -2.57. The Balaban J connectivity index is 1.32. The van der Waals surface area contributed by atoms with Crippen molar-refractivity contribution >= 4 is 58.5 Å². The Morgan fingerprint density at radius 1 is 0.636 bits per heavy atom. The first-order chi connectivity index (χ1) is 31.3. The van der Waals surface area contributed by atoms with E-state index in [4.69, 9.17) is 4.98 Å². The van der Waals surface area contributed by atoms with E-state index in [2.05, 4.69) is 36.9 Å². The molecule has 2 aliphatic heterocycles. The van der Waals surface area contributed by atoms with E-state index >= 15 is 4.39 Å². The molecule has 0 bridgehead atoms. The fraction of sp³-hybridized carbons (Fsp3) is 0.429. The molecule has 2 aliphatic rings. The number of hydrogen-bond acceptors (Lipinski definition) is 10. The van der Waals surface area contributed by atoms with Gasteiger partial charge in [0.15, 0.2) is 0 Å². The Morgan fingerprint density at radius 3 is 1.64 bits per heavy atom. The highest BCUT2D eigenvalue weighted by Crippen LogP contribution is 2.37. The van der Waals surface area contributed by atoms with Gasteiger partial charge < -0.3 is 31.9 Å². The largest absolute Gasteiger partial charge is 0.343 e. The van der Waals surface area contributed by atoms with Gasteiger partial charge in [-0.2, -0.15) is 0 Å². The molecular weight excluding hydrogens is 844 g/mol. The van der Waals surface area contributed by atoms with E-state index in [-0.39, 0.29) is 47.9 Å². The highest BCUT2D eigenvalue weighted by molar-refractivity contribution is 6.11. The SMILES string of the molecule is CN[C@@H](C)C(=O)N[C@H](C(=O)N1c2nc(-c3cc(C)c(NC(=O)[C@@H]4Cc5cccnc5N4C(=O)[C@@H](NC(=O)[C@H](C)NC)C(C)C)c(F)c3)ccc2C[C@H]1C(=O)Nc1c(C)cccc1C)C(C)C. The lowest BCUT2D eigenvalue weighted by Gasteiger charge is -2.31. The summed E-state index contributed by atoms with van der Waals surface area (Å²) in [7, 11) is 3.27. The van der Waals surface area contributed by atoms with Crippen LogP contribution < -0.4 is 41.7 Å². The number of carbonyl (C=O) groups is 6. The molecule has 350 valence electrons. The second-order valence-electron chi connectivity index (χ2n) is 17.9. The summed E-state index contributed by atoms with van der Waals surface area (Å²) in [5, 5.41) is 17.2. The van der Waals surface area contributed by atoms with Crippen LogP contribution in [0.5, 0.6) is 0 Å². The third-order valence-electron chi connectivity index (χ3n) is 12.5. The second-order valence-corrected chi connectivity index (χ2v) is 17.9. The summed E-state index contributed by atoms with van der Waals surface area (Å²) >= 11 is 0. The summed E-state index contributed by atoms with van der Waals surface area (Å²) in [5.41, 5.74) is 4.44. The van der Waals surface area contributed by atoms with Gasteiger partial charge in [-0.25, -0.2) is 14.4 Å². The van der Waals surface area contributed by atoms with Crippen LogP contribution in [0.3, 0.4) is 0 Å². The molecule has 0 radical (unpaired) electrons. The lowest BCUT2D eigenvalue weighted by molar-refractivity contribution is -0.130. The molecule has 2 aromatic heterocycles. The van der Waals surface area contributed by atoms with Crippen LogP contribution in [0.25, 0.3) is 11.3 Å². The van der Waals surface area contributed by atoms with Gasteiger partial charge in [0.1, 0.15) is 41.6 Å². The standard InChI is InChI=1S/C49H61FN10O6/c1-24(2)38(55-44(61)29(8)51-10)48(65)59-36(22-31-16-13-19-53-42(31)59)47(64)58-41-28(7)20-33(21-34(41)50)35-18-17-32-23-37(46(63)57-40-26(5)14-12-15-27(40)6)60(43(32)54-35)49(66)39(25(3)4)56-45(62)30(9)52-11/h12-21,24-25,29-30,36-39,51-52H,22-23H2,1-11H3,(H,55,61)(H,56,62)(H,57,63)(H,58,64)/t29-,30-,36-,37-,38-,39-/m0/s1. The molecule has 6 N–H and O–H groups in total. The molecule has 0 saturated heterocycles. The molecule has 6 rings (SSSR count). The van der Waals surface area contributed by atoms with E-state index < -0.39 is 71.6 Å². The van der Waals surface area contributed by atoms with Gasteiger partial charge in [0.25, 0.3) is 11.8 Å². The number of rotatable bonds is 15. The average molecular weight is 905 g/mol. The van der Waals surface area contributed by atoms with Gasteiger partial charge in [-0.05, 0) is 113 Å².